The van der Waals surface area contributed by atoms with Crippen LogP contribution in [0.25, 0.3) is 0 Å². The van der Waals surface area contributed by atoms with Crippen LogP contribution in [0.2, 0.25) is 0 Å². The molecule has 1 amide bonds. The van der Waals surface area contributed by atoms with Gasteiger partial charge in [0.05, 0.1) is 5.69 Å². The summed E-state index contributed by atoms with van der Waals surface area (Å²) in [7, 11) is 0. The maximum Gasteiger partial charge on any atom is 0.224 e. The number of hydrogen-bond acceptors (Lipinski definition) is 1. The lowest BCUT2D eigenvalue weighted by Gasteiger charge is -2.12. The molecule has 0 heterocycles. The normalized spacial score (nSPS) is 20.4. The van der Waals surface area contributed by atoms with Crippen LogP contribution >= 0.6 is 0 Å². The molecule has 0 aliphatic heterocycles. The third-order valence-corrected chi connectivity index (χ3v) is 4.51. The van der Waals surface area contributed by atoms with Gasteiger partial charge in [-0.15, -0.1) is 0 Å². The van der Waals surface area contributed by atoms with Crippen molar-refractivity contribution in [1.82, 2.24) is 0 Å². The average Bonchev–Trinajstić information content (AvgIpc) is 3.01. The van der Waals surface area contributed by atoms with Gasteiger partial charge in [0.2, 0.25) is 5.91 Å². The highest BCUT2D eigenvalue weighted by Crippen LogP contribution is 2.39. The van der Waals surface area contributed by atoms with E-state index in [-0.39, 0.29) is 17.5 Å². The van der Waals surface area contributed by atoms with E-state index in [1.165, 1.54) is 17.7 Å². The molecule has 1 N–H and O–H groups in total. The molecule has 1 aliphatic rings. The van der Waals surface area contributed by atoms with Gasteiger partial charge in [0.25, 0.3) is 0 Å². The Balaban J connectivity index is 1.56. The highest BCUT2D eigenvalue weighted by molar-refractivity contribution is 5.91. The minimum atomic E-state index is -1.01. The number of carbonyl (C=O) groups is 1. The molecule has 1 aliphatic carbocycles. The van der Waals surface area contributed by atoms with E-state index in [1.807, 2.05) is 18.2 Å². The SMILES string of the molecule is O=C(CC1CC[C@H](c2ccccc2)C1)Nc1cccc(F)c1F. The minimum absolute atomic E-state index is 0.0902. The predicted molar refractivity (Wildman–Crippen MR) is 86.1 cm³/mol. The maximum atomic E-state index is 13.6. The van der Waals surface area contributed by atoms with Crippen LogP contribution in [0.15, 0.2) is 48.5 Å². The number of anilines is 1. The Bertz CT molecular complexity index is 687. The third kappa shape index (κ3) is 3.76. The zero-order valence-corrected chi connectivity index (χ0v) is 12.8. The molecule has 1 fully saturated rings. The molecule has 2 aromatic carbocycles. The topological polar surface area (TPSA) is 29.1 Å². The Hall–Kier alpha value is -2.23. The second kappa shape index (κ2) is 6.90. The van der Waals surface area contributed by atoms with Crippen LogP contribution in [0, 0.1) is 17.6 Å². The molecule has 2 atom stereocenters. The number of benzene rings is 2. The second-order valence-corrected chi connectivity index (χ2v) is 6.14. The lowest BCUT2D eigenvalue weighted by Crippen LogP contribution is -2.16. The molecule has 1 unspecified atom stereocenters. The number of rotatable bonds is 4. The van der Waals surface area contributed by atoms with Crippen molar-refractivity contribution in [3.05, 3.63) is 65.7 Å². The van der Waals surface area contributed by atoms with Crippen LogP contribution in [0.4, 0.5) is 14.5 Å². The van der Waals surface area contributed by atoms with E-state index in [1.54, 1.807) is 0 Å². The molecule has 2 aromatic rings. The summed E-state index contributed by atoms with van der Waals surface area (Å²) in [5, 5.41) is 2.48. The molecule has 23 heavy (non-hydrogen) atoms. The second-order valence-electron chi connectivity index (χ2n) is 6.14. The smallest absolute Gasteiger partial charge is 0.224 e. The van der Waals surface area contributed by atoms with Gasteiger partial charge in [0, 0.05) is 6.42 Å². The van der Waals surface area contributed by atoms with Crippen molar-refractivity contribution in [2.24, 2.45) is 5.92 Å². The van der Waals surface area contributed by atoms with Gasteiger partial charge in [-0.3, -0.25) is 4.79 Å². The number of carbonyl (C=O) groups excluding carboxylic acids is 1. The molecule has 0 spiro atoms. The average molecular weight is 315 g/mol. The molecule has 2 nitrogen and oxygen atoms in total. The van der Waals surface area contributed by atoms with Gasteiger partial charge in [0.1, 0.15) is 0 Å². The monoisotopic (exact) mass is 315 g/mol. The van der Waals surface area contributed by atoms with Crippen molar-refractivity contribution in [2.75, 3.05) is 5.32 Å². The van der Waals surface area contributed by atoms with Gasteiger partial charge in [-0.05, 0) is 48.8 Å². The standard InChI is InChI=1S/C19H19F2NO/c20-16-7-4-8-17(19(16)21)22-18(23)12-13-9-10-15(11-13)14-5-2-1-3-6-14/h1-8,13,15H,9-12H2,(H,22,23)/t13?,15-/m0/s1. The van der Waals surface area contributed by atoms with Gasteiger partial charge < -0.3 is 5.32 Å². The Morgan fingerprint density at radius 3 is 2.61 bits per heavy atom. The summed E-state index contributed by atoms with van der Waals surface area (Å²) in [5.41, 5.74) is 1.22. The van der Waals surface area contributed by atoms with E-state index in [9.17, 15) is 13.6 Å². The maximum absolute atomic E-state index is 13.6. The first kappa shape index (κ1) is 15.7. The molecule has 1 saturated carbocycles. The Kier molecular flexibility index (Phi) is 4.70. The lowest BCUT2D eigenvalue weighted by molar-refractivity contribution is -0.117. The molecule has 0 bridgehead atoms. The van der Waals surface area contributed by atoms with E-state index in [0.29, 0.717) is 12.3 Å². The summed E-state index contributed by atoms with van der Waals surface area (Å²) < 4.78 is 26.7. The fraction of sp³-hybridized carbons (Fsp3) is 0.316. The summed E-state index contributed by atoms with van der Waals surface area (Å²) in [5.74, 6) is -1.44. The number of halogens is 2. The Morgan fingerprint density at radius 1 is 1.04 bits per heavy atom. The largest absolute Gasteiger partial charge is 0.323 e. The van der Waals surface area contributed by atoms with Gasteiger partial charge in [-0.1, -0.05) is 36.4 Å². The van der Waals surface area contributed by atoms with Crippen LogP contribution in [0.3, 0.4) is 0 Å². The van der Waals surface area contributed by atoms with Gasteiger partial charge in [-0.2, -0.15) is 0 Å². The highest BCUT2D eigenvalue weighted by Gasteiger charge is 2.27. The van der Waals surface area contributed by atoms with Crippen molar-refractivity contribution in [1.29, 1.82) is 0 Å². The van der Waals surface area contributed by atoms with E-state index in [4.69, 9.17) is 0 Å². The highest BCUT2D eigenvalue weighted by atomic mass is 19.2. The van der Waals surface area contributed by atoms with Crippen LogP contribution in [0.5, 0.6) is 0 Å². The summed E-state index contributed by atoms with van der Waals surface area (Å²) in [4.78, 5) is 12.1. The number of amides is 1. The number of hydrogen-bond donors (Lipinski definition) is 1. The quantitative estimate of drug-likeness (QED) is 0.856. The van der Waals surface area contributed by atoms with Gasteiger partial charge in [0.15, 0.2) is 11.6 Å². The van der Waals surface area contributed by atoms with Crippen molar-refractivity contribution in [3.63, 3.8) is 0 Å². The van der Waals surface area contributed by atoms with E-state index in [0.717, 1.165) is 25.3 Å². The fourth-order valence-electron chi connectivity index (χ4n) is 3.35. The van der Waals surface area contributed by atoms with E-state index < -0.39 is 11.6 Å². The summed E-state index contributed by atoms with van der Waals surface area (Å²) >= 11 is 0. The van der Waals surface area contributed by atoms with Crippen LogP contribution in [-0.2, 0) is 4.79 Å². The van der Waals surface area contributed by atoms with Crippen molar-refractivity contribution >= 4 is 11.6 Å². The third-order valence-electron chi connectivity index (χ3n) is 4.51. The molecule has 120 valence electrons. The molecule has 4 heteroatoms. The zero-order valence-electron chi connectivity index (χ0n) is 12.8. The summed E-state index contributed by atoms with van der Waals surface area (Å²) in [6.07, 6.45) is 3.36. The molecular formula is C19H19F2NO. The minimum Gasteiger partial charge on any atom is -0.323 e. The van der Waals surface area contributed by atoms with Gasteiger partial charge >= 0.3 is 0 Å². The predicted octanol–water partition coefficient (Wildman–Crippen LogP) is 4.88. The first-order chi connectivity index (χ1) is 11.1. The fourth-order valence-corrected chi connectivity index (χ4v) is 3.35. The van der Waals surface area contributed by atoms with Crippen molar-refractivity contribution < 1.29 is 13.6 Å². The van der Waals surface area contributed by atoms with Crippen LogP contribution < -0.4 is 5.32 Å². The van der Waals surface area contributed by atoms with Crippen molar-refractivity contribution in [3.8, 4) is 0 Å². The van der Waals surface area contributed by atoms with E-state index in [2.05, 4.69) is 17.4 Å². The van der Waals surface area contributed by atoms with Crippen LogP contribution in [0.1, 0.15) is 37.2 Å². The first-order valence-electron chi connectivity index (χ1n) is 7.92. The number of nitrogens with one attached hydrogen (secondary N) is 1. The molecule has 0 radical (unpaired) electrons. The van der Waals surface area contributed by atoms with E-state index >= 15 is 0 Å². The molecule has 0 saturated heterocycles. The molecule has 3 rings (SSSR count). The Labute approximate surface area is 134 Å². The summed E-state index contributed by atoms with van der Waals surface area (Å²) in [6, 6.07) is 14.1. The molecule has 0 aromatic heterocycles. The first-order valence-corrected chi connectivity index (χ1v) is 7.92. The van der Waals surface area contributed by atoms with Gasteiger partial charge in [-0.25, -0.2) is 8.78 Å². The van der Waals surface area contributed by atoms with Crippen molar-refractivity contribution in [2.45, 2.75) is 31.6 Å². The molecular weight excluding hydrogens is 296 g/mol. The Morgan fingerprint density at radius 2 is 1.83 bits per heavy atom. The lowest BCUT2D eigenvalue weighted by atomic mass is 9.95. The van der Waals surface area contributed by atoms with Crippen LogP contribution in [-0.4, -0.2) is 5.91 Å². The summed E-state index contributed by atoms with van der Waals surface area (Å²) in [6.45, 7) is 0. The zero-order chi connectivity index (χ0) is 16.2.